The molecule has 2 rings (SSSR count). The Morgan fingerprint density at radius 2 is 1.92 bits per heavy atom. The van der Waals surface area contributed by atoms with Crippen LogP contribution in [0.5, 0.6) is 11.8 Å². The maximum absolute atomic E-state index is 12.9. The molecule has 0 bridgehead atoms. The van der Waals surface area contributed by atoms with Crippen LogP contribution in [0.3, 0.4) is 0 Å². The van der Waals surface area contributed by atoms with Gasteiger partial charge in [0.15, 0.2) is 5.69 Å². The number of alkyl halides is 3. The molecule has 0 spiro atoms. The van der Waals surface area contributed by atoms with Gasteiger partial charge in [0.05, 0.1) is 4.92 Å². The van der Waals surface area contributed by atoms with Crippen LogP contribution in [0.1, 0.15) is 11.3 Å². The number of nitrogens with zero attached hydrogens (tertiary/aromatic N) is 4. The van der Waals surface area contributed by atoms with Crippen molar-refractivity contribution < 1.29 is 22.8 Å². The normalized spacial score (nSPS) is 11.2. The lowest BCUT2D eigenvalue weighted by Crippen LogP contribution is -2.16. The molecule has 0 radical (unpaired) electrons. The van der Waals surface area contributed by atoms with Crippen LogP contribution in [0.15, 0.2) is 24.3 Å². The molecule has 2 aromatic rings. The second-order valence-corrected chi connectivity index (χ2v) is 5.07. The van der Waals surface area contributed by atoms with Gasteiger partial charge in [0.2, 0.25) is 5.75 Å². The van der Waals surface area contributed by atoms with Gasteiger partial charge in [-0.05, 0) is 13.0 Å². The summed E-state index contributed by atoms with van der Waals surface area (Å²) in [6.07, 6.45) is -4.70. The molecule has 10 heteroatoms. The van der Waals surface area contributed by atoms with E-state index in [1.807, 2.05) is 0 Å². The molecule has 0 unspecified atom stereocenters. The molecule has 0 aliphatic heterocycles. The number of ether oxygens (including phenoxy) is 1. The summed E-state index contributed by atoms with van der Waals surface area (Å²) in [6.45, 7) is 1.49. The van der Waals surface area contributed by atoms with E-state index in [-0.39, 0.29) is 17.3 Å². The number of anilines is 1. The van der Waals surface area contributed by atoms with Gasteiger partial charge in [0, 0.05) is 25.7 Å². The summed E-state index contributed by atoms with van der Waals surface area (Å²) in [5.74, 6) is -0.272. The molecule has 0 aliphatic rings. The molecule has 1 heterocycles. The Morgan fingerprint density at radius 3 is 2.46 bits per heavy atom. The van der Waals surface area contributed by atoms with Crippen molar-refractivity contribution in [1.29, 1.82) is 0 Å². The highest BCUT2D eigenvalue weighted by atomic mass is 19.4. The maximum Gasteiger partial charge on any atom is 0.433 e. The molecule has 0 N–H and O–H groups in total. The monoisotopic (exact) mass is 342 g/mol. The van der Waals surface area contributed by atoms with Crippen LogP contribution in [0.2, 0.25) is 0 Å². The minimum atomic E-state index is -4.70. The summed E-state index contributed by atoms with van der Waals surface area (Å²) < 4.78 is 44.0. The molecule has 128 valence electrons. The Kier molecular flexibility index (Phi) is 4.58. The van der Waals surface area contributed by atoms with Gasteiger partial charge in [-0.2, -0.15) is 23.1 Å². The number of rotatable bonds is 4. The van der Waals surface area contributed by atoms with Gasteiger partial charge in [-0.15, -0.1) is 0 Å². The molecule has 0 saturated heterocycles. The molecule has 0 amide bonds. The molecular formula is C14H13F3N4O3. The fraction of sp³-hybridized carbons (Fsp3) is 0.286. The minimum absolute atomic E-state index is 0.0392. The Hall–Kier alpha value is -2.91. The molecule has 7 nitrogen and oxygen atoms in total. The van der Waals surface area contributed by atoms with E-state index in [1.54, 1.807) is 0 Å². The van der Waals surface area contributed by atoms with Crippen molar-refractivity contribution in [3.63, 3.8) is 0 Å². The van der Waals surface area contributed by atoms with Crippen LogP contribution in [0, 0.1) is 17.0 Å². The van der Waals surface area contributed by atoms with Crippen molar-refractivity contribution >= 4 is 11.5 Å². The van der Waals surface area contributed by atoms with Crippen LogP contribution < -0.4 is 9.64 Å². The van der Waals surface area contributed by atoms with Crippen molar-refractivity contribution in [2.75, 3.05) is 19.0 Å². The molecule has 0 fully saturated rings. The topological polar surface area (TPSA) is 81.4 Å². The second kappa shape index (κ2) is 6.30. The molecule has 24 heavy (non-hydrogen) atoms. The number of hydrogen-bond donors (Lipinski definition) is 0. The number of hydrogen-bond acceptors (Lipinski definition) is 6. The maximum atomic E-state index is 12.9. The molecular weight excluding hydrogens is 329 g/mol. The molecule has 0 atom stereocenters. The third-order valence-electron chi connectivity index (χ3n) is 3.03. The quantitative estimate of drug-likeness (QED) is 0.624. The van der Waals surface area contributed by atoms with Crippen LogP contribution in [-0.2, 0) is 6.18 Å². The Morgan fingerprint density at radius 1 is 1.25 bits per heavy atom. The fourth-order valence-corrected chi connectivity index (χ4v) is 1.88. The average Bonchev–Trinajstić information content (AvgIpc) is 2.45. The van der Waals surface area contributed by atoms with Gasteiger partial charge in [0.25, 0.3) is 0 Å². The SMILES string of the molecule is Cc1cccc(Oc2nc(N(C)C)cc(C(F)(F)F)n2)c1[N+](=O)[O-]. The number of halogens is 3. The van der Waals surface area contributed by atoms with E-state index in [9.17, 15) is 23.3 Å². The van der Waals surface area contributed by atoms with Crippen LogP contribution >= 0.6 is 0 Å². The second-order valence-electron chi connectivity index (χ2n) is 5.07. The zero-order chi connectivity index (χ0) is 18.1. The van der Waals surface area contributed by atoms with E-state index in [0.717, 1.165) is 6.07 Å². The fourth-order valence-electron chi connectivity index (χ4n) is 1.88. The highest BCUT2D eigenvalue weighted by molar-refractivity contribution is 5.53. The van der Waals surface area contributed by atoms with Crippen LogP contribution in [0.25, 0.3) is 0 Å². The predicted octanol–water partition coefficient (Wildman–Crippen LogP) is 3.57. The lowest BCUT2D eigenvalue weighted by atomic mass is 10.2. The molecule has 0 saturated carbocycles. The Labute approximate surface area is 134 Å². The van der Waals surface area contributed by atoms with Gasteiger partial charge in [-0.1, -0.05) is 12.1 Å². The van der Waals surface area contributed by atoms with Gasteiger partial charge in [-0.25, -0.2) is 0 Å². The van der Waals surface area contributed by atoms with Gasteiger partial charge < -0.3 is 9.64 Å². The third-order valence-corrected chi connectivity index (χ3v) is 3.03. The highest BCUT2D eigenvalue weighted by Gasteiger charge is 2.34. The first-order valence-electron chi connectivity index (χ1n) is 6.65. The van der Waals surface area contributed by atoms with E-state index in [4.69, 9.17) is 4.74 Å². The first-order valence-corrected chi connectivity index (χ1v) is 6.65. The summed E-state index contributed by atoms with van der Waals surface area (Å²) in [4.78, 5) is 18.9. The zero-order valence-corrected chi connectivity index (χ0v) is 13.0. The van der Waals surface area contributed by atoms with E-state index >= 15 is 0 Å². The van der Waals surface area contributed by atoms with Crippen molar-refractivity contribution in [1.82, 2.24) is 9.97 Å². The Bertz CT molecular complexity index is 778. The smallest absolute Gasteiger partial charge is 0.417 e. The summed E-state index contributed by atoms with van der Waals surface area (Å²) in [6, 6.07) is 4.38. The van der Waals surface area contributed by atoms with E-state index < -0.39 is 22.8 Å². The number of nitro benzene ring substituents is 1. The van der Waals surface area contributed by atoms with E-state index in [0.29, 0.717) is 5.56 Å². The number of aromatic nitrogens is 2. The standard InChI is InChI=1S/C14H13F3N4O3/c1-8-5-4-6-9(12(8)21(22)23)24-13-18-10(14(15,16)17)7-11(19-13)20(2)3/h4-7H,1-3H3. The molecule has 1 aromatic heterocycles. The number of benzene rings is 1. The van der Waals surface area contributed by atoms with Crippen molar-refractivity contribution in [2.45, 2.75) is 13.1 Å². The summed E-state index contributed by atoms with van der Waals surface area (Å²) in [5, 5.41) is 11.1. The predicted molar refractivity (Wildman–Crippen MR) is 79.3 cm³/mol. The summed E-state index contributed by atoms with van der Waals surface area (Å²) in [7, 11) is 3.00. The zero-order valence-electron chi connectivity index (χ0n) is 13.0. The minimum Gasteiger partial charge on any atom is -0.417 e. The lowest BCUT2D eigenvalue weighted by molar-refractivity contribution is -0.386. The molecule has 1 aromatic carbocycles. The van der Waals surface area contributed by atoms with Crippen molar-refractivity contribution in [2.24, 2.45) is 0 Å². The number of aryl methyl sites for hydroxylation is 1. The lowest BCUT2D eigenvalue weighted by Gasteiger charge is -2.15. The summed E-state index contributed by atoms with van der Waals surface area (Å²) in [5.41, 5.74) is -1.26. The summed E-state index contributed by atoms with van der Waals surface area (Å²) >= 11 is 0. The van der Waals surface area contributed by atoms with E-state index in [2.05, 4.69) is 9.97 Å². The van der Waals surface area contributed by atoms with Gasteiger partial charge >= 0.3 is 17.9 Å². The molecule has 0 aliphatic carbocycles. The van der Waals surface area contributed by atoms with E-state index in [1.165, 1.54) is 44.1 Å². The highest BCUT2D eigenvalue weighted by Crippen LogP contribution is 2.35. The van der Waals surface area contributed by atoms with Crippen LogP contribution in [-0.4, -0.2) is 29.0 Å². The van der Waals surface area contributed by atoms with Crippen molar-refractivity contribution in [3.8, 4) is 11.8 Å². The largest absolute Gasteiger partial charge is 0.433 e. The average molecular weight is 342 g/mol. The van der Waals surface area contributed by atoms with Crippen molar-refractivity contribution in [3.05, 3.63) is 45.6 Å². The third kappa shape index (κ3) is 3.70. The Balaban J connectivity index is 2.53. The first-order chi connectivity index (χ1) is 11.1. The first kappa shape index (κ1) is 17.4. The van der Waals surface area contributed by atoms with Gasteiger partial charge in [-0.3, -0.25) is 10.1 Å². The number of nitro groups is 1. The number of para-hydroxylation sites is 1. The van der Waals surface area contributed by atoms with Gasteiger partial charge in [0.1, 0.15) is 5.82 Å². The van der Waals surface area contributed by atoms with Crippen LogP contribution in [0.4, 0.5) is 24.7 Å².